The molecule has 0 radical (unpaired) electrons. The second-order valence-corrected chi connectivity index (χ2v) is 4.74. The highest BCUT2D eigenvalue weighted by atomic mass is 16.5. The molecule has 0 aliphatic carbocycles. The van der Waals surface area contributed by atoms with E-state index in [0.717, 1.165) is 12.0 Å². The molecule has 0 amide bonds. The molecule has 2 heterocycles. The third kappa shape index (κ3) is 1.85. The average Bonchev–Trinajstić information content (AvgIpc) is 2.91. The number of ether oxygens (including phenoxy) is 1. The fourth-order valence-electron chi connectivity index (χ4n) is 2.56. The highest BCUT2D eigenvalue weighted by Crippen LogP contribution is 2.33. The van der Waals surface area contributed by atoms with Gasteiger partial charge in [-0.15, -0.1) is 0 Å². The maximum absolute atomic E-state index is 11.1. The molecule has 3 rings (SSSR count). The molecule has 18 heavy (non-hydrogen) atoms. The lowest BCUT2D eigenvalue weighted by atomic mass is 9.91. The molecule has 5 heteroatoms. The Balaban J connectivity index is 1.95. The first kappa shape index (κ1) is 11.5. The lowest BCUT2D eigenvalue weighted by molar-refractivity contribution is 0.0432. The van der Waals surface area contributed by atoms with Crippen molar-refractivity contribution in [2.75, 3.05) is 6.61 Å². The van der Waals surface area contributed by atoms with E-state index >= 15 is 0 Å². The number of hydrogen-bond donors (Lipinski definition) is 2. The fraction of sp³-hybridized carbons (Fsp3) is 0.462. The normalized spacial score (nSPS) is 25.7. The van der Waals surface area contributed by atoms with E-state index in [1.165, 1.54) is 0 Å². The smallest absolute Gasteiger partial charge is 0.408 e. The number of aliphatic hydroxyl groups is 1. The molecular formula is C13H15NO4. The minimum absolute atomic E-state index is 0.0499. The molecule has 1 saturated heterocycles. The van der Waals surface area contributed by atoms with E-state index < -0.39 is 11.9 Å². The summed E-state index contributed by atoms with van der Waals surface area (Å²) in [5.74, 6) is -0.387. The Bertz CT molecular complexity index is 615. The molecule has 3 unspecified atom stereocenters. The van der Waals surface area contributed by atoms with Gasteiger partial charge in [-0.2, -0.15) is 0 Å². The zero-order valence-electron chi connectivity index (χ0n) is 10.1. The summed E-state index contributed by atoms with van der Waals surface area (Å²) in [5.41, 5.74) is 1.88. The van der Waals surface area contributed by atoms with Gasteiger partial charge in [0.2, 0.25) is 0 Å². The third-order valence-electron chi connectivity index (χ3n) is 3.63. The van der Waals surface area contributed by atoms with Crippen LogP contribution in [0.25, 0.3) is 11.1 Å². The quantitative estimate of drug-likeness (QED) is 0.847. The fourth-order valence-corrected chi connectivity index (χ4v) is 2.56. The zero-order valence-corrected chi connectivity index (χ0v) is 10.1. The maximum atomic E-state index is 11.1. The Morgan fingerprint density at radius 1 is 1.50 bits per heavy atom. The van der Waals surface area contributed by atoms with Gasteiger partial charge in [-0.25, -0.2) is 4.79 Å². The van der Waals surface area contributed by atoms with Crippen LogP contribution in [0.5, 0.6) is 0 Å². The summed E-state index contributed by atoms with van der Waals surface area (Å²) >= 11 is 0. The number of rotatable bonds is 2. The predicted octanol–water partition coefficient (Wildman–Crippen LogP) is 1.58. The molecule has 0 saturated carbocycles. The van der Waals surface area contributed by atoms with E-state index in [1.54, 1.807) is 12.1 Å². The van der Waals surface area contributed by atoms with Crippen LogP contribution in [-0.4, -0.2) is 22.8 Å². The third-order valence-corrected chi connectivity index (χ3v) is 3.63. The number of fused-ring (bicyclic) bond motifs is 1. The van der Waals surface area contributed by atoms with Crippen LogP contribution < -0.4 is 5.76 Å². The number of H-pyrrole nitrogens is 1. The van der Waals surface area contributed by atoms with Crippen LogP contribution in [0.1, 0.15) is 25.0 Å². The molecule has 1 aromatic heterocycles. The van der Waals surface area contributed by atoms with Crippen LogP contribution in [-0.2, 0) is 4.74 Å². The molecule has 1 aliphatic rings. The maximum Gasteiger partial charge on any atom is 0.417 e. The predicted molar refractivity (Wildman–Crippen MR) is 65.3 cm³/mol. The Hall–Kier alpha value is -1.59. The summed E-state index contributed by atoms with van der Waals surface area (Å²) in [6.45, 7) is 2.65. The minimum Gasteiger partial charge on any atom is -0.408 e. The Morgan fingerprint density at radius 3 is 3.06 bits per heavy atom. The Labute approximate surface area is 103 Å². The van der Waals surface area contributed by atoms with E-state index in [4.69, 9.17) is 9.15 Å². The summed E-state index contributed by atoms with van der Waals surface area (Å²) in [4.78, 5) is 13.6. The lowest BCUT2D eigenvalue weighted by Gasteiger charge is -2.21. The molecule has 5 nitrogen and oxygen atoms in total. The summed E-state index contributed by atoms with van der Waals surface area (Å²) in [6.07, 6.45) is 0.304. The van der Waals surface area contributed by atoms with Crippen LogP contribution in [0.15, 0.2) is 27.4 Å². The van der Waals surface area contributed by atoms with Crippen molar-refractivity contribution in [3.8, 4) is 0 Å². The monoisotopic (exact) mass is 249 g/mol. The van der Waals surface area contributed by atoms with Gasteiger partial charge < -0.3 is 14.3 Å². The summed E-state index contributed by atoms with van der Waals surface area (Å²) < 4.78 is 10.5. The van der Waals surface area contributed by atoms with Crippen molar-refractivity contribution in [2.45, 2.75) is 25.6 Å². The van der Waals surface area contributed by atoms with Crippen molar-refractivity contribution in [3.05, 3.63) is 34.3 Å². The number of aromatic nitrogens is 1. The van der Waals surface area contributed by atoms with E-state index in [0.29, 0.717) is 17.7 Å². The van der Waals surface area contributed by atoms with Crippen LogP contribution in [0.3, 0.4) is 0 Å². The highest BCUT2D eigenvalue weighted by Gasteiger charge is 2.31. The number of aromatic amines is 1. The van der Waals surface area contributed by atoms with Gasteiger partial charge in [-0.1, -0.05) is 6.07 Å². The molecule has 96 valence electrons. The molecule has 0 bridgehead atoms. The molecule has 2 N–H and O–H groups in total. The van der Waals surface area contributed by atoms with E-state index in [-0.39, 0.29) is 12.0 Å². The van der Waals surface area contributed by atoms with Crippen molar-refractivity contribution in [1.82, 2.24) is 4.98 Å². The van der Waals surface area contributed by atoms with Gasteiger partial charge in [-0.05, 0) is 31.0 Å². The van der Waals surface area contributed by atoms with Crippen LogP contribution >= 0.6 is 0 Å². The number of hydrogen-bond acceptors (Lipinski definition) is 4. The molecule has 1 aromatic carbocycles. The van der Waals surface area contributed by atoms with Crippen LogP contribution in [0.4, 0.5) is 0 Å². The first-order valence-corrected chi connectivity index (χ1v) is 6.07. The zero-order chi connectivity index (χ0) is 12.7. The van der Waals surface area contributed by atoms with Gasteiger partial charge in [0, 0.05) is 12.5 Å². The number of benzene rings is 1. The first-order valence-electron chi connectivity index (χ1n) is 6.07. The van der Waals surface area contributed by atoms with Gasteiger partial charge >= 0.3 is 5.76 Å². The summed E-state index contributed by atoms with van der Waals surface area (Å²) in [5, 5.41) is 10.3. The lowest BCUT2D eigenvalue weighted by Crippen LogP contribution is -2.19. The molecule has 1 aliphatic heterocycles. The minimum atomic E-state index is -0.591. The van der Waals surface area contributed by atoms with Crippen molar-refractivity contribution in [1.29, 1.82) is 0 Å². The van der Waals surface area contributed by atoms with Gasteiger partial charge in [-0.3, -0.25) is 4.98 Å². The topological polar surface area (TPSA) is 75.5 Å². The van der Waals surface area contributed by atoms with E-state index in [9.17, 15) is 9.90 Å². The first-order chi connectivity index (χ1) is 8.65. The summed E-state index contributed by atoms with van der Waals surface area (Å²) in [6, 6.07) is 5.27. The number of aliphatic hydroxyl groups excluding tert-OH is 1. The Morgan fingerprint density at radius 2 is 2.33 bits per heavy atom. The van der Waals surface area contributed by atoms with Crippen molar-refractivity contribution >= 4 is 11.1 Å². The van der Waals surface area contributed by atoms with Crippen molar-refractivity contribution in [2.24, 2.45) is 5.92 Å². The van der Waals surface area contributed by atoms with Gasteiger partial charge in [0.05, 0.1) is 17.7 Å². The SMILES string of the molecule is CC1OCCC1C(O)c1ccc2[nH]c(=O)oc2c1. The Kier molecular flexibility index (Phi) is 2.72. The van der Waals surface area contributed by atoms with Crippen LogP contribution in [0.2, 0.25) is 0 Å². The molecule has 3 atom stereocenters. The molecule has 2 aromatic rings. The number of nitrogens with one attached hydrogen (secondary N) is 1. The van der Waals surface area contributed by atoms with Gasteiger partial charge in [0.15, 0.2) is 5.58 Å². The standard InChI is InChI=1S/C13H15NO4/c1-7-9(4-5-17-7)12(15)8-2-3-10-11(6-8)18-13(16)14-10/h2-3,6-7,9,12,15H,4-5H2,1H3,(H,14,16). The second kappa shape index (κ2) is 4.26. The van der Waals surface area contributed by atoms with Gasteiger partial charge in [0.1, 0.15) is 0 Å². The van der Waals surface area contributed by atoms with Crippen molar-refractivity contribution < 1.29 is 14.3 Å². The molecule has 0 spiro atoms. The second-order valence-electron chi connectivity index (χ2n) is 4.74. The highest BCUT2D eigenvalue weighted by molar-refractivity contribution is 5.72. The van der Waals surface area contributed by atoms with E-state index in [2.05, 4.69) is 4.98 Å². The molecular weight excluding hydrogens is 234 g/mol. The van der Waals surface area contributed by atoms with Crippen molar-refractivity contribution in [3.63, 3.8) is 0 Å². The average molecular weight is 249 g/mol. The number of oxazole rings is 1. The largest absolute Gasteiger partial charge is 0.417 e. The van der Waals surface area contributed by atoms with E-state index in [1.807, 2.05) is 13.0 Å². The molecule has 1 fully saturated rings. The van der Waals surface area contributed by atoms with Crippen LogP contribution in [0, 0.1) is 5.92 Å². The summed E-state index contributed by atoms with van der Waals surface area (Å²) in [7, 11) is 0. The van der Waals surface area contributed by atoms with Gasteiger partial charge in [0.25, 0.3) is 0 Å².